The fraction of sp³-hybridized carbons (Fsp3) is 0.550. The monoisotopic (exact) mass is 309 g/mol. The zero-order valence-electron chi connectivity index (χ0n) is 14.5. The summed E-state index contributed by atoms with van der Waals surface area (Å²) >= 11 is 0. The summed E-state index contributed by atoms with van der Waals surface area (Å²) < 4.78 is 0. The number of nitrogens with one attached hydrogen (secondary N) is 1. The van der Waals surface area contributed by atoms with E-state index in [1.54, 1.807) is 0 Å². The summed E-state index contributed by atoms with van der Waals surface area (Å²) in [6.45, 7) is 7.67. The maximum atomic E-state index is 5.00. The van der Waals surface area contributed by atoms with Crippen molar-refractivity contribution < 1.29 is 0 Å². The standard InChI is InChI=1S/C20H27N3/c1-13(2)14-4-7-19-16(10-14)17(11-21-15-5-6-15)18-12-23(3)9-8-20(18)22-19/h4,7,10,13,15,21H,5-6,8-9,11-12H2,1-3H3. The fourth-order valence-corrected chi connectivity index (χ4v) is 3.58. The number of benzene rings is 1. The molecule has 2 heterocycles. The molecule has 1 aliphatic heterocycles. The largest absolute Gasteiger partial charge is 0.310 e. The molecule has 0 atom stereocenters. The van der Waals surface area contributed by atoms with E-state index in [0.717, 1.165) is 32.1 Å². The van der Waals surface area contributed by atoms with Crippen LogP contribution in [0.2, 0.25) is 0 Å². The van der Waals surface area contributed by atoms with E-state index in [4.69, 9.17) is 4.98 Å². The quantitative estimate of drug-likeness (QED) is 0.935. The molecule has 122 valence electrons. The molecule has 1 saturated carbocycles. The average molecular weight is 309 g/mol. The molecule has 1 fully saturated rings. The first-order valence-corrected chi connectivity index (χ1v) is 8.98. The Hall–Kier alpha value is -1.45. The molecule has 3 nitrogen and oxygen atoms in total. The van der Waals surface area contributed by atoms with Crippen molar-refractivity contribution in [3.63, 3.8) is 0 Å². The number of rotatable bonds is 4. The van der Waals surface area contributed by atoms with Crippen LogP contribution in [0.3, 0.4) is 0 Å². The molecule has 0 unspecified atom stereocenters. The van der Waals surface area contributed by atoms with E-state index in [1.165, 1.54) is 46.1 Å². The zero-order chi connectivity index (χ0) is 16.0. The Balaban J connectivity index is 1.85. The molecule has 2 aromatic rings. The van der Waals surface area contributed by atoms with Crippen LogP contribution in [0, 0.1) is 0 Å². The van der Waals surface area contributed by atoms with E-state index in [0.29, 0.717) is 5.92 Å². The van der Waals surface area contributed by atoms with Crippen molar-refractivity contribution in [1.82, 2.24) is 15.2 Å². The van der Waals surface area contributed by atoms with Crippen molar-refractivity contribution in [3.8, 4) is 0 Å². The summed E-state index contributed by atoms with van der Waals surface area (Å²) in [5, 5.41) is 5.09. The maximum absolute atomic E-state index is 5.00. The molecule has 1 aromatic heterocycles. The van der Waals surface area contributed by atoms with Crippen molar-refractivity contribution in [1.29, 1.82) is 0 Å². The molecule has 23 heavy (non-hydrogen) atoms. The second-order valence-corrected chi connectivity index (χ2v) is 7.59. The summed E-state index contributed by atoms with van der Waals surface area (Å²) in [5.74, 6) is 0.558. The number of nitrogens with zero attached hydrogens (tertiary/aromatic N) is 2. The van der Waals surface area contributed by atoms with Crippen LogP contribution in [0.1, 0.15) is 55.0 Å². The lowest BCUT2D eigenvalue weighted by Crippen LogP contribution is -2.29. The van der Waals surface area contributed by atoms with Gasteiger partial charge in [0.25, 0.3) is 0 Å². The molecule has 3 heteroatoms. The van der Waals surface area contributed by atoms with Gasteiger partial charge in [0, 0.05) is 43.2 Å². The number of hydrogen-bond acceptors (Lipinski definition) is 3. The highest BCUT2D eigenvalue weighted by atomic mass is 15.1. The number of pyridine rings is 1. The topological polar surface area (TPSA) is 28.2 Å². The summed E-state index contributed by atoms with van der Waals surface area (Å²) in [5.41, 5.74) is 6.87. The molecule has 0 amide bonds. The van der Waals surface area contributed by atoms with Crippen molar-refractivity contribution in [2.45, 2.75) is 58.2 Å². The lowest BCUT2D eigenvalue weighted by molar-refractivity contribution is 0.308. The van der Waals surface area contributed by atoms with Crippen LogP contribution >= 0.6 is 0 Å². The van der Waals surface area contributed by atoms with Gasteiger partial charge >= 0.3 is 0 Å². The van der Waals surface area contributed by atoms with E-state index in [2.05, 4.69) is 49.3 Å². The molecule has 0 bridgehead atoms. The minimum absolute atomic E-state index is 0.558. The molecule has 1 aromatic carbocycles. The average Bonchev–Trinajstić information content (AvgIpc) is 3.35. The Morgan fingerprint density at radius 2 is 2.13 bits per heavy atom. The van der Waals surface area contributed by atoms with Crippen LogP contribution in [0.5, 0.6) is 0 Å². The van der Waals surface area contributed by atoms with Gasteiger partial charge in [-0.2, -0.15) is 0 Å². The Morgan fingerprint density at radius 1 is 1.30 bits per heavy atom. The third kappa shape index (κ3) is 3.00. The first kappa shape index (κ1) is 15.1. The SMILES string of the molecule is CC(C)c1ccc2nc3c(c(CNC4CC4)c2c1)CN(C)CC3. The first-order valence-electron chi connectivity index (χ1n) is 8.98. The van der Waals surface area contributed by atoms with Gasteiger partial charge in [-0.25, -0.2) is 0 Å². The normalized spacial score (nSPS) is 18.6. The van der Waals surface area contributed by atoms with Gasteiger partial charge in [0.15, 0.2) is 0 Å². The predicted molar refractivity (Wildman–Crippen MR) is 95.7 cm³/mol. The second-order valence-electron chi connectivity index (χ2n) is 7.59. The van der Waals surface area contributed by atoms with E-state index in [-0.39, 0.29) is 0 Å². The van der Waals surface area contributed by atoms with Gasteiger partial charge in [0.1, 0.15) is 0 Å². The molecule has 0 spiro atoms. The van der Waals surface area contributed by atoms with Crippen molar-refractivity contribution in [2.75, 3.05) is 13.6 Å². The Kier molecular flexibility index (Phi) is 3.86. The van der Waals surface area contributed by atoms with Crippen LogP contribution in [0.4, 0.5) is 0 Å². The lowest BCUT2D eigenvalue weighted by atomic mass is 9.93. The Morgan fingerprint density at radius 3 is 2.87 bits per heavy atom. The van der Waals surface area contributed by atoms with Crippen LogP contribution in [0.15, 0.2) is 18.2 Å². The van der Waals surface area contributed by atoms with Crippen LogP contribution < -0.4 is 5.32 Å². The van der Waals surface area contributed by atoms with Gasteiger partial charge in [0.05, 0.1) is 5.52 Å². The minimum Gasteiger partial charge on any atom is -0.310 e. The van der Waals surface area contributed by atoms with Gasteiger partial charge in [-0.3, -0.25) is 4.98 Å². The predicted octanol–water partition coefficient (Wildman–Crippen LogP) is 3.60. The van der Waals surface area contributed by atoms with Crippen LogP contribution in [0.25, 0.3) is 10.9 Å². The second kappa shape index (κ2) is 5.88. The summed E-state index contributed by atoms with van der Waals surface area (Å²) in [7, 11) is 2.22. The summed E-state index contributed by atoms with van der Waals surface area (Å²) in [6, 6.07) is 7.60. The van der Waals surface area contributed by atoms with E-state index in [1.807, 2.05) is 0 Å². The molecular weight excluding hydrogens is 282 g/mol. The number of hydrogen-bond donors (Lipinski definition) is 1. The smallest absolute Gasteiger partial charge is 0.0709 e. The van der Waals surface area contributed by atoms with Gasteiger partial charge < -0.3 is 10.2 Å². The lowest BCUT2D eigenvalue weighted by Gasteiger charge is -2.28. The van der Waals surface area contributed by atoms with Gasteiger partial charge in [-0.05, 0) is 54.6 Å². The number of aromatic nitrogens is 1. The van der Waals surface area contributed by atoms with Crippen molar-refractivity contribution in [2.24, 2.45) is 0 Å². The Labute approximate surface area is 139 Å². The summed E-state index contributed by atoms with van der Waals surface area (Å²) in [6.07, 6.45) is 3.74. The van der Waals surface area contributed by atoms with Crippen molar-refractivity contribution in [3.05, 3.63) is 40.6 Å². The molecule has 2 aliphatic rings. The molecule has 0 saturated heterocycles. The molecular formula is C20H27N3. The van der Waals surface area contributed by atoms with Crippen LogP contribution in [-0.4, -0.2) is 29.5 Å². The number of fused-ring (bicyclic) bond motifs is 2. The van der Waals surface area contributed by atoms with Gasteiger partial charge in [-0.1, -0.05) is 19.9 Å². The Bertz CT molecular complexity index is 731. The number of likely N-dealkylation sites (N-methyl/N-ethyl adjacent to an activating group) is 1. The van der Waals surface area contributed by atoms with Gasteiger partial charge in [-0.15, -0.1) is 0 Å². The third-order valence-corrected chi connectivity index (χ3v) is 5.28. The molecule has 0 radical (unpaired) electrons. The first-order chi connectivity index (χ1) is 11.1. The molecule has 1 aliphatic carbocycles. The van der Waals surface area contributed by atoms with Crippen LogP contribution in [-0.2, 0) is 19.5 Å². The van der Waals surface area contributed by atoms with Crippen molar-refractivity contribution >= 4 is 10.9 Å². The molecule has 4 rings (SSSR count). The zero-order valence-corrected chi connectivity index (χ0v) is 14.5. The minimum atomic E-state index is 0.558. The fourth-order valence-electron chi connectivity index (χ4n) is 3.58. The van der Waals surface area contributed by atoms with Gasteiger partial charge in [0.2, 0.25) is 0 Å². The van der Waals surface area contributed by atoms with E-state index in [9.17, 15) is 0 Å². The maximum Gasteiger partial charge on any atom is 0.0709 e. The van der Waals surface area contributed by atoms with E-state index >= 15 is 0 Å². The van der Waals surface area contributed by atoms with E-state index < -0.39 is 0 Å². The highest BCUT2D eigenvalue weighted by Crippen LogP contribution is 2.31. The summed E-state index contributed by atoms with van der Waals surface area (Å²) in [4.78, 5) is 7.42. The highest BCUT2D eigenvalue weighted by molar-refractivity contribution is 5.84. The third-order valence-electron chi connectivity index (χ3n) is 5.28. The molecule has 1 N–H and O–H groups in total. The highest BCUT2D eigenvalue weighted by Gasteiger charge is 2.24.